The smallest absolute Gasteiger partial charge is 0.239 e. The summed E-state index contributed by atoms with van der Waals surface area (Å²) >= 11 is 1.53. The summed E-state index contributed by atoms with van der Waals surface area (Å²) in [5.41, 5.74) is 4.62. The summed E-state index contributed by atoms with van der Waals surface area (Å²) in [4.78, 5) is 28.6. The molecule has 4 heteroatoms. The average molecular weight is 349 g/mol. The van der Waals surface area contributed by atoms with Crippen LogP contribution in [0.5, 0.6) is 0 Å². The highest BCUT2D eigenvalue weighted by molar-refractivity contribution is 8.02. The van der Waals surface area contributed by atoms with E-state index in [4.69, 9.17) is 0 Å². The Balaban J connectivity index is 1.85. The Hall–Kier alpha value is -2.33. The summed E-state index contributed by atoms with van der Waals surface area (Å²) in [6.45, 7) is 0. The number of aryl methyl sites for hydroxylation is 1. The van der Waals surface area contributed by atoms with Crippen LogP contribution in [0.2, 0.25) is 0 Å². The number of ketones is 1. The normalized spacial score (nSPS) is 21.2. The van der Waals surface area contributed by atoms with E-state index in [2.05, 4.69) is 0 Å². The SMILES string of the molecule is CS/C(=C1/CCc2ccccc2C1=O)C1C(=O)N(C)c2ccccc21. The van der Waals surface area contributed by atoms with E-state index in [1.54, 1.807) is 4.90 Å². The molecule has 1 unspecified atom stereocenters. The summed E-state index contributed by atoms with van der Waals surface area (Å²) in [5, 5.41) is 0. The van der Waals surface area contributed by atoms with Gasteiger partial charge in [0.15, 0.2) is 5.78 Å². The van der Waals surface area contributed by atoms with E-state index in [-0.39, 0.29) is 17.6 Å². The molecule has 2 aliphatic rings. The van der Waals surface area contributed by atoms with Crippen molar-refractivity contribution in [2.45, 2.75) is 18.8 Å². The molecule has 1 heterocycles. The Kier molecular flexibility index (Phi) is 4.00. The molecule has 4 rings (SSSR count). The van der Waals surface area contributed by atoms with Crippen LogP contribution in [0.3, 0.4) is 0 Å². The van der Waals surface area contributed by atoms with Gasteiger partial charge in [-0.25, -0.2) is 0 Å². The Labute approximate surface area is 151 Å². The van der Waals surface area contributed by atoms with Gasteiger partial charge >= 0.3 is 0 Å². The second-order valence-corrected chi connectivity index (χ2v) is 7.27. The van der Waals surface area contributed by atoms with Crippen LogP contribution in [0, 0.1) is 0 Å². The molecule has 1 aliphatic carbocycles. The van der Waals surface area contributed by atoms with Gasteiger partial charge in [-0.1, -0.05) is 42.5 Å². The van der Waals surface area contributed by atoms with Crippen molar-refractivity contribution >= 4 is 29.1 Å². The van der Waals surface area contributed by atoms with Gasteiger partial charge in [0, 0.05) is 28.8 Å². The number of allylic oxidation sites excluding steroid dienone is 1. The van der Waals surface area contributed by atoms with Crippen LogP contribution >= 0.6 is 11.8 Å². The number of nitrogens with zero attached hydrogens (tertiary/aromatic N) is 1. The van der Waals surface area contributed by atoms with E-state index in [0.717, 1.165) is 39.3 Å². The molecule has 25 heavy (non-hydrogen) atoms. The molecule has 1 aliphatic heterocycles. The summed E-state index contributed by atoms with van der Waals surface area (Å²) in [6, 6.07) is 15.7. The molecule has 0 spiro atoms. The predicted molar refractivity (Wildman–Crippen MR) is 102 cm³/mol. The summed E-state index contributed by atoms with van der Waals surface area (Å²) in [6.07, 6.45) is 3.51. The van der Waals surface area contributed by atoms with E-state index in [9.17, 15) is 9.59 Å². The number of Topliss-reactive ketones (excluding diaryl/α,β-unsaturated/α-hetero) is 1. The van der Waals surface area contributed by atoms with E-state index >= 15 is 0 Å². The third-order valence-corrected chi connectivity index (χ3v) is 6.07. The number of amides is 1. The van der Waals surface area contributed by atoms with Crippen LogP contribution in [0.4, 0.5) is 5.69 Å². The Bertz CT molecular complexity index is 916. The summed E-state index contributed by atoms with van der Waals surface area (Å²) in [5.74, 6) is -0.240. The fourth-order valence-electron chi connectivity index (χ4n) is 3.88. The molecule has 126 valence electrons. The fraction of sp³-hybridized carbons (Fsp3) is 0.238. The number of hydrogen-bond donors (Lipinski definition) is 0. The Morgan fingerprint density at radius 1 is 1.04 bits per heavy atom. The van der Waals surface area contributed by atoms with Gasteiger partial charge in [0.2, 0.25) is 5.91 Å². The molecule has 1 atom stereocenters. The third kappa shape index (κ3) is 2.44. The number of benzene rings is 2. The van der Waals surface area contributed by atoms with Crippen molar-refractivity contribution in [1.29, 1.82) is 0 Å². The van der Waals surface area contributed by atoms with Crippen LogP contribution < -0.4 is 4.90 Å². The number of thioether (sulfide) groups is 1. The first-order valence-corrected chi connectivity index (χ1v) is 9.62. The molecule has 0 saturated heterocycles. The van der Waals surface area contributed by atoms with Crippen molar-refractivity contribution in [3.8, 4) is 0 Å². The lowest BCUT2D eigenvalue weighted by Crippen LogP contribution is -2.26. The van der Waals surface area contributed by atoms with E-state index in [1.165, 1.54) is 11.8 Å². The summed E-state index contributed by atoms with van der Waals surface area (Å²) in [7, 11) is 1.81. The highest BCUT2D eigenvalue weighted by Crippen LogP contribution is 2.46. The van der Waals surface area contributed by atoms with Crippen LogP contribution in [-0.2, 0) is 11.2 Å². The highest BCUT2D eigenvalue weighted by Gasteiger charge is 2.39. The van der Waals surface area contributed by atoms with Crippen LogP contribution in [0.15, 0.2) is 59.0 Å². The maximum atomic E-state index is 13.1. The first kappa shape index (κ1) is 16.2. The van der Waals surface area contributed by atoms with Crippen molar-refractivity contribution in [3.05, 3.63) is 75.7 Å². The quantitative estimate of drug-likeness (QED) is 0.763. The number of para-hydroxylation sites is 1. The van der Waals surface area contributed by atoms with Gasteiger partial charge in [-0.15, -0.1) is 11.8 Å². The van der Waals surface area contributed by atoms with Gasteiger partial charge in [0.05, 0.1) is 5.92 Å². The minimum absolute atomic E-state index is 0.0460. The van der Waals surface area contributed by atoms with Gasteiger partial charge in [-0.05, 0) is 36.3 Å². The first-order valence-electron chi connectivity index (χ1n) is 8.39. The zero-order valence-corrected chi connectivity index (χ0v) is 15.1. The van der Waals surface area contributed by atoms with Gasteiger partial charge in [-0.3, -0.25) is 9.59 Å². The molecule has 3 nitrogen and oxygen atoms in total. The molecule has 2 aromatic carbocycles. The lowest BCUT2D eigenvalue weighted by atomic mass is 9.84. The monoisotopic (exact) mass is 349 g/mol. The molecule has 0 aromatic heterocycles. The average Bonchev–Trinajstić information content (AvgIpc) is 2.90. The Morgan fingerprint density at radius 3 is 2.56 bits per heavy atom. The zero-order chi connectivity index (χ0) is 17.6. The lowest BCUT2D eigenvalue weighted by molar-refractivity contribution is -0.118. The third-order valence-electron chi connectivity index (χ3n) is 5.15. The van der Waals surface area contributed by atoms with E-state index in [0.29, 0.717) is 6.42 Å². The standard InChI is InChI=1S/C21H19NO2S/c1-22-17-10-6-5-9-15(17)18(21(22)24)20(25-2)16-12-11-13-7-3-4-8-14(13)19(16)23/h3-10,18H,11-12H2,1-2H3/b20-16-. The number of hydrogen-bond acceptors (Lipinski definition) is 3. The predicted octanol–water partition coefficient (Wildman–Crippen LogP) is 4.19. The largest absolute Gasteiger partial charge is 0.314 e. The molecule has 0 radical (unpaired) electrons. The molecular weight excluding hydrogens is 330 g/mol. The molecule has 0 bridgehead atoms. The molecule has 0 saturated carbocycles. The first-order chi connectivity index (χ1) is 12.1. The highest BCUT2D eigenvalue weighted by atomic mass is 32.2. The maximum Gasteiger partial charge on any atom is 0.239 e. The molecular formula is C21H19NO2S. The van der Waals surface area contributed by atoms with E-state index < -0.39 is 0 Å². The molecule has 1 amide bonds. The van der Waals surface area contributed by atoms with Crippen LogP contribution in [0.1, 0.15) is 33.8 Å². The molecule has 2 aromatic rings. The minimum Gasteiger partial charge on any atom is -0.314 e. The van der Waals surface area contributed by atoms with Crippen molar-refractivity contribution in [1.82, 2.24) is 0 Å². The number of carbonyl (C=O) groups is 2. The van der Waals surface area contributed by atoms with Crippen molar-refractivity contribution in [2.24, 2.45) is 0 Å². The second kappa shape index (κ2) is 6.19. The lowest BCUT2D eigenvalue weighted by Gasteiger charge is -2.23. The number of likely N-dealkylation sites (N-methyl/N-ethyl adjacent to an activating group) is 1. The van der Waals surface area contributed by atoms with Crippen LogP contribution in [-0.4, -0.2) is 25.0 Å². The van der Waals surface area contributed by atoms with Crippen molar-refractivity contribution < 1.29 is 9.59 Å². The van der Waals surface area contributed by atoms with Gasteiger partial charge in [-0.2, -0.15) is 0 Å². The number of anilines is 1. The maximum absolute atomic E-state index is 13.1. The number of fused-ring (bicyclic) bond motifs is 2. The van der Waals surface area contributed by atoms with Gasteiger partial charge in [0.1, 0.15) is 0 Å². The minimum atomic E-state index is -0.361. The number of carbonyl (C=O) groups excluding carboxylic acids is 2. The molecule has 0 N–H and O–H groups in total. The van der Waals surface area contributed by atoms with Gasteiger partial charge < -0.3 is 4.90 Å². The number of rotatable bonds is 2. The fourth-order valence-corrected chi connectivity index (χ4v) is 4.79. The zero-order valence-electron chi connectivity index (χ0n) is 14.3. The topological polar surface area (TPSA) is 37.4 Å². The Morgan fingerprint density at radius 2 is 1.76 bits per heavy atom. The molecule has 0 fully saturated rings. The van der Waals surface area contributed by atoms with Crippen molar-refractivity contribution in [2.75, 3.05) is 18.2 Å². The van der Waals surface area contributed by atoms with Crippen molar-refractivity contribution in [3.63, 3.8) is 0 Å². The van der Waals surface area contributed by atoms with Crippen LogP contribution in [0.25, 0.3) is 0 Å². The summed E-state index contributed by atoms with van der Waals surface area (Å²) < 4.78 is 0. The van der Waals surface area contributed by atoms with E-state index in [1.807, 2.05) is 61.8 Å². The van der Waals surface area contributed by atoms with Gasteiger partial charge in [0.25, 0.3) is 0 Å². The second-order valence-electron chi connectivity index (χ2n) is 6.42.